The first-order chi connectivity index (χ1) is 16.9. The predicted molar refractivity (Wildman–Crippen MR) is 140 cm³/mol. The molecule has 3 aromatic heterocycles. The van der Waals surface area contributed by atoms with Crippen molar-refractivity contribution in [3.8, 4) is 16.4 Å². The van der Waals surface area contributed by atoms with Crippen molar-refractivity contribution >= 4 is 28.9 Å². The summed E-state index contributed by atoms with van der Waals surface area (Å²) < 4.78 is 18.2. The van der Waals surface area contributed by atoms with Gasteiger partial charge in [-0.3, -0.25) is 4.79 Å². The van der Waals surface area contributed by atoms with Crippen LogP contribution in [0.3, 0.4) is 0 Å². The number of ketones is 1. The summed E-state index contributed by atoms with van der Waals surface area (Å²) in [5.74, 6) is 1.56. The minimum Gasteiger partial charge on any atom is -0.315 e. The van der Waals surface area contributed by atoms with Crippen LogP contribution < -0.4 is 0 Å². The molecule has 1 atom stereocenters. The Kier molecular flexibility index (Phi) is 6.68. The summed E-state index contributed by atoms with van der Waals surface area (Å²) in [5.41, 5.74) is 4.09. The molecular weight excluding hydrogens is 479 g/mol. The normalized spacial score (nSPS) is 15.4. The lowest BCUT2D eigenvalue weighted by Crippen LogP contribution is -2.10. The Labute approximate surface area is 213 Å². The van der Waals surface area contributed by atoms with Gasteiger partial charge in [0.2, 0.25) is 0 Å². The van der Waals surface area contributed by atoms with Crippen LogP contribution in [0, 0.1) is 25.6 Å². The van der Waals surface area contributed by atoms with Gasteiger partial charge in [-0.1, -0.05) is 37.2 Å². The predicted octanol–water partition coefficient (Wildman–Crippen LogP) is 6.58. The SMILES string of the molecule is CCC1CCc2sc(-c3nnc(SCC(=O)c4cc(C)n(-c5ccccc5F)c4C)n3C)cc2C1. The van der Waals surface area contributed by atoms with Gasteiger partial charge in [-0.25, -0.2) is 4.39 Å². The van der Waals surface area contributed by atoms with Crippen LogP contribution in [0.15, 0.2) is 41.6 Å². The number of para-hydroxylation sites is 1. The average molecular weight is 509 g/mol. The minimum atomic E-state index is -0.310. The van der Waals surface area contributed by atoms with E-state index in [-0.39, 0.29) is 17.4 Å². The van der Waals surface area contributed by atoms with E-state index in [1.165, 1.54) is 41.1 Å². The second-order valence-electron chi connectivity index (χ2n) is 9.22. The molecule has 0 amide bonds. The molecule has 0 aliphatic heterocycles. The first-order valence-electron chi connectivity index (χ1n) is 12.0. The Morgan fingerprint density at radius 3 is 2.80 bits per heavy atom. The van der Waals surface area contributed by atoms with Gasteiger partial charge in [0.25, 0.3) is 0 Å². The summed E-state index contributed by atoms with van der Waals surface area (Å²) in [6.45, 7) is 6.02. The third kappa shape index (κ3) is 4.49. The molecule has 0 saturated heterocycles. The van der Waals surface area contributed by atoms with Crippen molar-refractivity contribution < 1.29 is 9.18 Å². The van der Waals surface area contributed by atoms with Gasteiger partial charge in [-0.05, 0) is 68.9 Å². The van der Waals surface area contributed by atoms with E-state index >= 15 is 0 Å². The number of hydrogen-bond donors (Lipinski definition) is 0. The molecule has 0 saturated carbocycles. The van der Waals surface area contributed by atoms with E-state index in [2.05, 4.69) is 23.2 Å². The molecule has 5 rings (SSSR count). The molecule has 5 nitrogen and oxygen atoms in total. The Morgan fingerprint density at radius 1 is 1.23 bits per heavy atom. The lowest BCUT2D eigenvalue weighted by atomic mass is 9.87. The number of nitrogens with zero attached hydrogens (tertiary/aromatic N) is 4. The Morgan fingerprint density at radius 2 is 2.03 bits per heavy atom. The van der Waals surface area contributed by atoms with Gasteiger partial charge in [0, 0.05) is 28.9 Å². The van der Waals surface area contributed by atoms with Crippen LogP contribution >= 0.6 is 23.1 Å². The molecule has 0 N–H and O–H groups in total. The maximum absolute atomic E-state index is 14.4. The molecule has 0 radical (unpaired) electrons. The van der Waals surface area contributed by atoms with Gasteiger partial charge in [0.05, 0.1) is 16.3 Å². The highest BCUT2D eigenvalue weighted by Gasteiger charge is 2.23. The molecule has 8 heteroatoms. The average Bonchev–Trinajstić information content (AvgIpc) is 3.52. The summed E-state index contributed by atoms with van der Waals surface area (Å²) in [6.07, 6.45) is 4.80. The highest BCUT2D eigenvalue weighted by Crippen LogP contribution is 2.38. The van der Waals surface area contributed by atoms with Crippen LogP contribution in [0.25, 0.3) is 16.4 Å². The van der Waals surface area contributed by atoms with Crippen molar-refractivity contribution in [3.63, 3.8) is 0 Å². The maximum atomic E-state index is 14.4. The van der Waals surface area contributed by atoms with Crippen LogP contribution in [0.5, 0.6) is 0 Å². The summed E-state index contributed by atoms with van der Waals surface area (Å²) in [4.78, 5) is 15.7. The molecule has 3 heterocycles. The van der Waals surface area contributed by atoms with Crippen LogP contribution in [-0.4, -0.2) is 30.9 Å². The Bertz CT molecular complexity index is 1400. The molecule has 182 valence electrons. The number of thiophene rings is 1. The molecule has 1 aliphatic rings. The van der Waals surface area contributed by atoms with Gasteiger partial charge in [-0.2, -0.15) is 0 Å². The lowest BCUT2D eigenvalue weighted by molar-refractivity contribution is 0.102. The van der Waals surface area contributed by atoms with Gasteiger partial charge < -0.3 is 9.13 Å². The van der Waals surface area contributed by atoms with Gasteiger partial charge in [0.15, 0.2) is 16.8 Å². The molecular formula is C27H29FN4OS2. The first-order valence-corrected chi connectivity index (χ1v) is 13.8. The minimum absolute atomic E-state index is 0.00701. The van der Waals surface area contributed by atoms with Crippen molar-refractivity contribution in [2.45, 2.75) is 51.6 Å². The van der Waals surface area contributed by atoms with E-state index in [9.17, 15) is 9.18 Å². The molecule has 0 spiro atoms. The fourth-order valence-electron chi connectivity index (χ4n) is 4.97. The number of aryl methyl sites for hydroxylation is 2. The van der Waals surface area contributed by atoms with E-state index in [0.29, 0.717) is 16.4 Å². The highest BCUT2D eigenvalue weighted by molar-refractivity contribution is 7.99. The topological polar surface area (TPSA) is 52.7 Å². The zero-order valence-corrected chi connectivity index (χ0v) is 22.1. The second-order valence-corrected chi connectivity index (χ2v) is 11.3. The monoisotopic (exact) mass is 508 g/mol. The van der Waals surface area contributed by atoms with Crippen LogP contribution in [0.4, 0.5) is 4.39 Å². The number of aromatic nitrogens is 4. The second kappa shape index (κ2) is 9.74. The molecule has 0 bridgehead atoms. The zero-order valence-electron chi connectivity index (χ0n) is 20.5. The van der Waals surface area contributed by atoms with Crippen molar-refractivity contribution in [3.05, 3.63) is 69.6 Å². The lowest BCUT2D eigenvalue weighted by Gasteiger charge is -2.19. The summed E-state index contributed by atoms with van der Waals surface area (Å²) >= 11 is 3.21. The smallest absolute Gasteiger partial charge is 0.191 e. The quantitative estimate of drug-likeness (QED) is 0.209. The van der Waals surface area contributed by atoms with E-state index in [4.69, 9.17) is 0 Å². The number of carbonyl (C=O) groups is 1. The summed E-state index contributed by atoms with van der Waals surface area (Å²) in [6, 6.07) is 10.7. The van der Waals surface area contributed by atoms with Crippen molar-refractivity contribution in [1.82, 2.24) is 19.3 Å². The van der Waals surface area contributed by atoms with Gasteiger partial charge in [0.1, 0.15) is 5.82 Å². The molecule has 1 aliphatic carbocycles. The summed E-state index contributed by atoms with van der Waals surface area (Å²) in [5, 5.41) is 9.54. The first kappa shape index (κ1) is 24.0. The number of thioether (sulfide) groups is 1. The highest BCUT2D eigenvalue weighted by atomic mass is 32.2. The number of hydrogen-bond acceptors (Lipinski definition) is 5. The Balaban J connectivity index is 1.32. The third-order valence-corrected chi connectivity index (χ3v) is 9.23. The largest absolute Gasteiger partial charge is 0.315 e. The maximum Gasteiger partial charge on any atom is 0.191 e. The van der Waals surface area contributed by atoms with E-state index in [0.717, 1.165) is 40.8 Å². The summed E-state index contributed by atoms with van der Waals surface area (Å²) in [7, 11) is 1.96. The Hall–Kier alpha value is -2.71. The number of fused-ring (bicyclic) bond motifs is 1. The number of carbonyl (C=O) groups excluding carboxylic acids is 1. The van der Waals surface area contributed by atoms with E-state index < -0.39 is 0 Å². The van der Waals surface area contributed by atoms with Crippen molar-refractivity contribution in [2.75, 3.05) is 5.75 Å². The molecule has 4 aromatic rings. The fourth-order valence-corrected chi connectivity index (χ4v) is 6.99. The molecule has 35 heavy (non-hydrogen) atoms. The molecule has 1 unspecified atom stereocenters. The fraction of sp³-hybridized carbons (Fsp3) is 0.370. The third-order valence-electron chi connectivity index (χ3n) is 6.97. The number of Topliss-reactive ketones (excluding diaryl/α,β-unsaturated/α-hetero) is 1. The van der Waals surface area contributed by atoms with Crippen LogP contribution in [0.1, 0.15) is 52.0 Å². The van der Waals surface area contributed by atoms with Crippen LogP contribution in [-0.2, 0) is 19.9 Å². The molecule has 0 fully saturated rings. The van der Waals surface area contributed by atoms with E-state index in [1.807, 2.05) is 42.9 Å². The number of halogens is 1. The number of benzene rings is 1. The van der Waals surface area contributed by atoms with Gasteiger partial charge >= 0.3 is 0 Å². The standard InChI is InChI=1S/C27H29FN4OS2/c1-5-18-10-11-24-19(13-18)14-25(35-24)26-29-30-27(31(26)4)34-15-23(33)20-12-16(2)32(17(20)3)22-9-7-6-8-21(22)28/h6-9,12,14,18H,5,10-11,13,15H2,1-4H3. The van der Waals surface area contributed by atoms with Crippen LogP contribution in [0.2, 0.25) is 0 Å². The van der Waals surface area contributed by atoms with Crippen molar-refractivity contribution in [1.29, 1.82) is 0 Å². The van der Waals surface area contributed by atoms with Gasteiger partial charge in [-0.15, -0.1) is 21.5 Å². The zero-order chi connectivity index (χ0) is 24.7. The molecule has 1 aromatic carbocycles. The van der Waals surface area contributed by atoms with E-state index in [1.54, 1.807) is 22.8 Å². The van der Waals surface area contributed by atoms with Crippen molar-refractivity contribution in [2.24, 2.45) is 13.0 Å². The number of rotatable bonds is 7.